The highest BCUT2D eigenvalue weighted by atomic mass is 16.5. The summed E-state index contributed by atoms with van der Waals surface area (Å²) in [6.07, 6.45) is 2.65. The van der Waals surface area contributed by atoms with Gasteiger partial charge in [-0.3, -0.25) is 4.79 Å². The molecular formula is C14H19N3O4. The molecule has 114 valence electrons. The molecule has 0 radical (unpaired) electrons. The summed E-state index contributed by atoms with van der Waals surface area (Å²) >= 11 is 0. The topological polar surface area (TPSA) is 84.8 Å². The highest BCUT2D eigenvalue weighted by Crippen LogP contribution is 2.49. The number of aromatic nitrogens is 2. The molecule has 0 amide bonds. The maximum Gasteiger partial charge on any atom is 0.311 e. The van der Waals surface area contributed by atoms with Crippen molar-refractivity contribution in [1.82, 2.24) is 9.97 Å². The third kappa shape index (κ3) is 2.16. The number of carboxylic acid groups (broad SMARTS) is 1. The first-order valence-corrected chi connectivity index (χ1v) is 7.04. The first-order chi connectivity index (χ1) is 10.1. The van der Waals surface area contributed by atoms with Gasteiger partial charge in [-0.25, -0.2) is 0 Å². The SMILES string of the molecule is COc1cc(OC)nc(N2C[C@@H]3CCC[C@@]3(C(=O)O)C2)n1. The van der Waals surface area contributed by atoms with Gasteiger partial charge >= 0.3 is 5.97 Å². The summed E-state index contributed by atoms with van der Waals surface area (Å²) in [5.74, 6) is 0.760. The summed E-state index contributed by atoms with van der Waals surface area (Å²) in [6, 6.07) is 1.60. The van der Waals surface area contributed by atoms with Crippen LogP contribution < -0.4 is 14.4 Å². The van der Waals surface area contributed by atoms with Gasteiger partial charge in [0.1, 0.15) is 0 Å². The summed E-state index contributed by atoms with van der Waals surface area (Å²) in [5.41, 5.74) is -0.653. The second kappa shape index (κ2) is 5.05. The second-order valence-electron chi connectivity index (χ2n) is 5.68. The molecule has 0 aromatic carbocycles. The zero-order valence-corrected chi connectivity index (χ0v) is 12.2. The number of anilines is 1. The van der Waals surface area contributed by atoms with Gasteiger partial charge in [0.25, 0.3) is 0 Å². The average molecular weight is 293 g/mol. The van der Waals surface area contributed by atoms with Crippen LogP contribution in [0.1, 0.15) is 19.3 Å². The van der Waals surface area contributed by atoms with Crippen LogP contribution in [0.25, 0.3) is 0 Å². The van der Waals surface area contributed by atoms with Crippen LogP contribution in [0.4, 0.5) is 5.95 Å². The smallest absolute Gasteiger partial charge is 0.311 e. The van der Waals surface area contributed by atoms with E-state index in [1.807, 2.05) is 4.90 Å². The molecule has 0 spiro atoms. The van der Waals surface area contributed by atoms with Crippen molar-refractivity contribution < 1.29 is 19.4 Å². The zero-order valence-electron chi connectivity index (χ0n) is 12.2. The minimum absolute atomic E-state index is 0.163. The number of rotatable bonds is 4. The summed E-state index contributed by atoms with van der Waals surface area (Å²) in [4.78, 5) is 22.3. The minimum atomic E-state index is -0.706. The van der Waals surface area contributed by atoms with E-state index < -0.39 is 11.4 Å². The van der Waals surface area contributed by atoms with E-state index in [-0.39, 0.29) is 5.92 Å². The van der Waals surface area contributed by atoms with E-state index >= 15 is 0 Å². The van der Waals surface area contributed by atoms with Crippen LogP contribution >= 0.6 is 0 Å². The van der Waals surface area contributed by atoms with Crippen molar-refractivity contribution in [2.75, 3.05) is 32.2 Å². The van der Waals surface area contributed by atoms with E-state index in [1.165, 1.54) is 14.2 Å². The largest absolute Gasteiger partial charge is 0.481 e. The molecule has 1 N–H and O–H groups in total. The van der Waals surface area contributed by atoms with Crippen molar-refractivity contribution in [2.24, 2.45) is 11.3 Å². The Morgan fingerprint density at radius 2 is 2.05 bits per heavy atom. The van der Waals surface area contributed by atoms with Crippen LogP contribution in [0.15, 0.2) is 6.07 Å². The van der Waals surface area contributed by atoms with Gasteiger partial charge in [-0.2, -0.15) is 9.97 Å². The van der Waals surface area contributed by atoms with Gasteiger partial charge in [0.2, 0.25) is 17.7 Å². The first kappa shape index (κ1) is 13.9. The molecule has 1 saturated heterocycles. The molecule has 1 saturated carbocycles. The van der Waals surface area contributed by atoms with Crippen molar-refractivity contribution >= 4 is 11.9 Å². The number of methoxy groups -OCH3 is 2. The molecule has 0 bridgehead atoms. The van der Waals surface area contributed by atoms with E-state index in [2.05, 4.69) is 9.97 Å². The third-order valence-corrected chi connectivity index (χ3v) is 4.67. The maximum absolute atomic E-state index is 11.7. The van der Waals surface area contributed by atoms with Crippen molar-refractivity contribution in [3.8, 4) is 11.8 Å². The van der Waals surface area contributed by atoms with E-state index in [0.717, 1.165) is 19.3 Å². The molecule has 1 aliphatic carbocycles. The summed E-state index contributed by atoms with van der Waals surface area (Å²) < 4.78 is 10.3. The van der Waals surface area contributed by atoms with Gasteiger partial charge in [-0.05, 0) is 18.8 Å². The van der Waals surface area contributed by atoms with Crippen molar-refractivity contribution in [2.45, 2.75) is 19.3 Å². The Kier molecular flexibility index (Phi) is 3.35. The maximum atomic E-state index is 11.7. The molecule has 1 aromatic rings. The average Bonchev–Trinajstić information content (AvgIpc) is 3.04. The second-order valence-corrected chi connectivity index (χ2v) is 5.68. The zero-order chi connectivity index (χ0) is 15.0. The number of aliphatic carboxylic acids is 1. The highest BCUT2D eigenvalue weighted by Gasteiger charge is 2.55. The molecular weight excluding hydrogens is 274 g/mol. The van der Waals surface area contributed by atoms with Gasteiger partial charge in [-0.15, -0.1) is 0 Å². The lowest BCUT2D eigenvalue weighted by molar-refractivity contribution is -0.149. The number of ether oxygens (including phenoxy) is 2. The number of hydrogen-bond donors (Lipinski definition) is 1. The van der Waals surface area contributed by atoms with Crippen molar-refractivity contribution in [3.63, 3.8) is 0 Å². The van der Waals surface area contributed by atoms with E-state index in [4.69, 9.17) is 9.47 Å². The Labute approximate surface area is 122 Å². The quantitative estimate of drug-likeness (QED) is 0.892. The van der Waals surface area contributed by atoms with Crippen LogP contribution in [0.5, 0.6) is 11.8 Å². The fraction of sp³-hybridized carbons (Fsp3) is 0.643. The molecule has 0 unspecified atom stereocenters. The summed E-state index contributed by atoms with van der Waals surface area (Å²) in [6.45, 7) is 1.12. The van der Waals surface area contributed by atoms with Crippen LogP contribution in [0.2, 0.25) is 0 Å². The van der Waals surface area contributed by atoms with Crippen LogP contribution in [0, 0.1) is 11.3 Å². The first-order valence-electron chi connectivity index (χ1n) is 7.04. The number of hydrogen-bond acceptors (Lipinski definition) is 6. The predicted octanol–water partition coefficient (Wildman–Crippen LogP) is 1.18. The van der Waals surface area contributed by atoms with Gasteiger partial charge in [0, 0.05) is 13.1 Å². The highest BCUT2D eigenvalue weighted by molar-refractivity contribution is 5.77. The Bertz CT molecular complexity index is 543. The minimum Gasteiger partial charge on any atom is -0.481 e. The lowest BCUT2D eigenvalue weighted by Gasteiger charge is -2.23. The van der Waals surface area contributed by atoms with Gasteiger partial charge < -0.3 is 19.5 Å². The molecule has 3 rings (SSSR count). The fourth-order valence-electron chi connectivity index (χ4n) is 3.53. The molecule has 1 aromatic heterocycles. The van der Waals surface area contributed by atoms with Crippen molar-refractivity contribution in [3.05, 3.63) is 6.07 Å². The number of carboxylic acids is 1. The van der Waals surface area contributed by atoms with Crippen LogP contribution in [-0.4, -0.2) is 48.4 Å². The van der Waals surface area contributed by atoms with E-state index in [1.54, 1.807) is 6.07 Å². The summed E-state index contributed by atoms with van der Waals surface area (Å²) in [7, 11) is 3.06. The lowest BCUT2D eigenvalue weighted by atomic mass is 9.81. The Balaban J connectivity index is 1.91. The molecule has 7 nitrogen and oxygen atoms in total. The number of nitrogens with zero attached hydrogens (tertiary/aromatic N) is 3. The molecule has 1 aliphatic heterocycles. The van der Waals surface area contributed by atoms with Gasteiger partial charge in [0.15, 0.2) is 0 Å². The Hall–Kier alpha value is -2.05. The Morgan fingerprint density at radius 1 is 1.38 bits per heavy atom. The number of fused-ring (bicyclic) bond motifs is 1. The number of carbonyl (C=O) groups is 1. The van der Waals surface area contributed by atoms with Crippen LogP contribution in [-0.2, 0) is 4.79 Å². The fourth-order valence-corrected chi connectivity index (χ4v) is 3.53. The molecule has 2 aliphatic rings. The van der Waals surface area contributed by atoms with Gasteiger partial charge in [-0.1, -0.05) is 6.42 Å². The van der Waals surface area contributed by atoms with Crippen molar-refractivity contribution in [1.29, 1.82) is 0 Å². The molecule has 21 heavy (non-hydrogen) atoms. The lowest BCUT2D eigenvalue weighted by Crippen LogP contribution is -2.36. The third-order valence-electron chi connectivity index (χ3n) is 4.67. The normalized spacial score (nSPS) is 27.5. The summed E-state index contributed by atoms with van der Waals surface area (Å²) in [5, 5.41) is 9.62. The van der Waals surface area contributed by atoms with E-state index in [0.29, 0.717) is 30.8 Å². The van der Waals surface area contributed by atoms with Gasteiger partial charge in [0.05, 0.1) is 25.7 Å². The predicted molar refractivity (Wildman–Crippen MR) is 74.8 cm³/mol. The van der Waals surface area contributed by atoms with E-state index in [9.17, 15) is 9.90 Å². The Morgan fingerprint density at radius 3 is 2.57 bits per heavy atom. The standard InChI is InChI=1S/C14H19N3O4/c1-20-10-6-11(21-2)16-13(15-10)17-7-9-4-3-5-14(9,8-17)12(18)19/h6,9H,3-5,7-8H2,1-2H3,(H,18,19)/t9-,14+/m0/s1. The molecule has 2 fully saturated rings. The molecule has 7 heteroatoms. The molecule has 2 heterocycles. The monoisotopic (exact) mass is 293 g/mol. The van der Waals surface area contributed by atoms with Crippen LogP contribution in [0.3, 0.4) is 0 Å². The molecule has 2 atom stereocenters.